The summed E-state index contributed by atoms with van der Waals surface area (Å²) in [5.74, 6) is 1.41. The molecule has 19 heavy (non-hydrogen) atoms. The van der Waals surface area contributed by atoms with Crippen molar-refractivity contribution in [2.75, 3.05) is 13.7 Å². The topological polar surface area (TPSA) is 68.9 Å². The summed E-state index contributed by atoms with van der Waals surface area (Å²) in [7, 11) is 1.61. The van der Waals surface area contributed by atoms with Gasteiger partial charge in [-0.25, -0.2) is 0 Å². The van der Waals surface area contributed by atoms with Gasteiger partial charge in [-0.15, -0.1) is 0 Å². The number of nitrogens with two attached hydrogens (primary N) is 1. The van der Waals surface area contributed by atoms with E-state index in [4.69, 9.17) is 15.2 Å². The van der Waals surface area contributed by atoms with Crippen LogP contribution < -0.4 is 20.6 Å². The van der Waals surface area contributed by atoms with E-state index in [2.05, 4.69) is 29.7 Å². The summed E-state index contributed by atoms with van der Waals surface area (Å²) in [5.41, 5.74) is 8.63. The molecule has 0 aliphatic rings. The molecule has 0 unspecified atom stereocenters. The highest BCUT2D eigenvalue weighted by Crippen LogP contribution is 2.27. The molecule has 0 fully saturated rings. The maximum absolute atomic E-state index is 5.64. The molecule has 0 aliphatic heterocycles. The SMILES string of the molecule is CCCCOc1ccc(/C=N\NC(N)=S)cc1OC. The van der Waals surface area contributed by atoms with Gasteiger partial charge in [0.15, 0.2) is 16.6 Å². The van der Waals surface area contributed by atoms with Crippen LogP contribution in [0, 0.1) is 0 Å². The molecule has 1 aromatic carbocycles. The number of benzene rings is 1. The predicted molar refractivity (Wildman–Crippen MR) is 80.9 cm³/mol. The van der Waals surface area contributed by atoms with Crippen LogP contribution in [0.3, 0.4) is 0 Å². The van der Waals surface area contributed by atoms with Gasteiger partial charge in [-0.05, 0) is 42.4 Å². The van der Waals surface area contributed by atoms with Crippen molar-refractivity contribution in [1.82, 2.24) is 5.43 Å². The largest absolute Gasteiger partial charge is 0.493 e. The molecule has 0 aliphatic carbocycles. The fourth-order valence-corrected chi connectivity index (χ4v) is 1.43. The second-order valence-electron chi connectivity index (χ2n) is 3.85. The number of methoxy groups -OCH3 is 1. The second kappa shape index (κ2) is 8.31. The van der Waals surface area contributed by atoms with E-state index >= 15 is 0 Å². The average Bonchev–Trinajstić information content (AvgIpc) is 2.39. The highest BCUT2D eigenvalue weighted by Gasteiger charge is 2.04. The molecule has 0 heterocycles. The van der Waals surface area contributed by atoms with Gasteiger partial charge in [-0.2, -0.15) is 5.10 Å². The first-order valence-corrected chi connectivity index (χ1v) is 6.47. The average molecular weight is 281 g/mol. The predicted octanol–water partition coefficient (Wildman–Crippen LogP) is 2.04. The van der Waals surface area contributed by atoms with E-state index in [9.17, 15) is 0 Å². The third kappa shape index (κ3) is 5.56. The lowest BCUT2D eigenvalue weighted by molar-refractivity contribution is 0.288. The number of ether oxygens (including phenoxy) is 2. The van der Waals surface area contributed by atoms with Crippen LogP contribution in [-0.2, 0) is 0 Å². The number of rotatable bonds is 7. The molecule has 0 bridgehead atoms. The normalized spacial score (nSPS) is 10.4. The Bertz CT molecular complexity index is 450. The van der Waals surface area contributed by atoms with Crippen molar-refractivity contribution in [2.24, 2.45) is 10.8 Å². The van der Waals surface area contributed by atoms with Crippen LogP contribution in [0.1, 0.15) is 25.3 Å². The number of nitrogens with one attached hydrogen (secondary N) is 1. The molecule has 0 saturated heterocycles. The Morgan fingerprint density at radius 1 is 1.47 bits per heavy atom. The smallest absolute Gasteiger partial charge is 0.184 e. The van der Waals surface area contributed by atoms with Crippen LogP contribution in [0.5, 0.6) is 11.5 Å². The molecule has 5 nitrogen and oxygen atoms in total. The van der Waals surface area contributed by atoms with Crippen LogP contribution in [0.25, 0.3) is 0 Å². The van der Waals surface area contributed by atoms with Crippen molar-refractivity contribution >= 4 is 23.5 Å². The van der Waals surface area contributed by atoms with E-state index in [-0.39, 0.29) is 5.11 Å². The minimum Gasteiger partial charge on any atom is -0.493 e. The van der Waals surface area contributed by atoms with Gasteiger partial charge in [0.1, 0.15) is 0 Å². The molecule has 0 aromatic heterocycles. The maximum Gasteiger partial charge on any atom is 0.184 e. The molecule has 104 valence electrons. The molecule has 0 radical (unpaired) electrons. The highest BCUT2D eigenvalue weighted by molar-refractivity contribution is 7.80. The van der Waals surface area contributed by atoms with Gasteiger partial charge in [0.05, 0.1) is 19.9 Å². The van der Waals surface area contributed by atoms with E-state index in [0.29, 0.717) is 12.4 Å². The number of nitrogens with zero attached hydrogens (tertiary/aromatic N) is 1. The van der Waals surface area contributed by atoms with Crippen molar-refractivity contribution in [3.05, 3.63) is 23.8 Å². The van der Waals surface area contributed by atoms with Gasteiger partial charge < -0.3 is 15.2 Å². The standard InChI is InChI=1S/C13H19N3O2S/c1-3-4-7-18-11-6-5-10(8-12(11)17-2)9-15-16-13(14)19/h5-6,8-9H,3-4,7H2,1-2H3,(H3,14,16,19)/b15-9-. The number of hydrogen-bond donors (Lipinski definition) is 2. The zero-order chi connectivity index (χ0) is 14.1. The lowest BCUT2D eigenvalue weighted by Gasteiger charge is -2.10. The van der Waals surface area contributed by atoms with Crippen LogP contribution in [0.2, 0.25) is 0 Å². The number of unbranched alkanes of at least 4 members (excludes halogenated alkanes) is 1. The Hall–Kier alpha value is -1.82. The van der Waals surface area contributed by atoms with Crippen LogP contribution in [0.4, 0.5) is 0 Å². The van der Waals surface area contributed by atoms with Gasteiger partial charge in [0.25, 0.3) is 0 Å². The van der Waals surface area contributed by atoms with Gasteiger partial charge in [0, 0.05) is 0 Å². The van der Waals surface area contributed by atoms with Crippen molar-refractivity contribution in [2.45, 2.75) is 19.8 Å². The van der Waals surface area contributed by atoms with Crippen molar-refractivity contribution in [3.8, 4) is 11.5 Å². The summed E-state index contributed by atoms with van der Waals surface area (Å²) in [6, 6.07) is 5.58. The maximum atomic E-state index is 5.64. The highest BCUT2D eigenvalue weighted by atomic mass is 32.1. The molecule has 6 heteroatoms. The minimum atomic E-state index is 0.128. The fraction of sp³-hybridized carbons (Fsp3) is 0.385. The lowest BCUT2D eigenvalue weighted by Crippen LogP contribution is -2.23. The van der Waals surface area contributed by atoms with Crippen molar-refractivity contribution < 1.29 is 9.47 Å². The van der Waals surface area contributed by atoms with E-state index < -0.39 is 0 Å². The van der Waals surface area contributed by atoms with Gasteiger partial charge in [0.2, 0.25) is 0 Å². The molecule has 0 amide bonds. The Labute approximate surface area is 118 Å². The first kappa shape index (κ1) is 15.2. The molecule has 0 spiro atoms. The Morgan fingerprint density at radius 2 is 2.26 bits per heavy atom. The first-order chi connectivity index (χ1) is 9.17. The third-order valence-electron chi connectivity index (χ3n) is 2.33. The molecule has 0 atom stereocenters. The summed E-state index contributed by atoms with van der Waals surface area (Å²) in [5, 5.41) is 4.01. The molecule has 3 N–H and O–H groups in total. The summed E-state index contributed by atoms with van der Waals surface area (Å²) < 4.78 is 10.9. The van der Waals surface area contributed by atoms with Crippen LogP contribution in [-0.4, -0.2) is 25.0 Å². The lowest BCUT2D eigenvalue weighted by atomic mass is 10.2. The quantitative estimate of drug-likeness (QED) is 0.346. The van der Waals surface area contributed by atoms with Gasteiger partial charge in [-0.1, -0.05) is 13.3 Å². The minimum absolute atomic E-state index is 0.128. The van der Waals surface area contributed by atoms with Crippen molar-refractivity contribution in [3.63, 3.8) is 0 Å². The fourth-order valence-electron chi connectivity index (χ4n) is 1.38. The zero-order valence-electron chi connectivity index (χ0n) is 11.2. The van der Waals surface area contributed by atoms with E-state index in [1.807, 2.05) is 18.2 Å². The third-order valence-corrected chi connectivity index (χ3v) is 2.42. The molecule has 0 saturated carbocycles. The Morgan fingerprint density at radius 3 is 2.89 bits per heavy atom. The van der Waals surface area contributed by atoms with E-state index in [0.717, 1.165) is 24.2 Å². The number of thiocarbonyl (C=S) groups is 1. The Balaban J connectivity index is 2.71. The summed E-state index contributed by atoms with van der Waals surface area (Å²) >= 11 is 4.65. The monoisotopic (exact) mass is 281 g/mol. The number of hydrazone groups is 1. The summed E-state index contributed by atoms with van der Waals surface area (Å²) in [4.78, 5) is 0. The Kier molecular flexibility index (Phi) is 6.67. The zero-order valence-corrected chi connectivity index (χ0v) is 12.0. The van der Waals surface area contributed by atoms with Crippen LogP contribution >= 0.6 is 12.2 Å². The van der Waals surface area contributed by atoms with Gasteiger partial charge in [-0.3, -0.25) is 5.43 Å². The second-order valence-corrected chi connectivity index (χ2v) is 4.29. The van der Waals surface area contributed by atoms with Crippen LogP contribution in [0.15, 0.2) is 23.3 Å². The molecule has 1 rings (SSSR count). The van der Waals surface area contributed by atoms with E-state index in [1.165, 1.54) is 0 Å². The van der Waals surface area contributed by atoms with Gasteiger partial charge >= 0.3 is 0 Å². The molecular formula is C13H19N3O2S. The molecule has 1 aromatic rings. The first-order valence-electron chi connectivity index (χ1n) is 6.06. The van der Waals surface area contributed by atoms with Crippen molar-refractivity contribution in [1.29, 1.82) is 0 Å². The van der Waals surface area contributed by atoms with E-state index in [1.54, 1.807) is 13.3 Å². The summed E-state index contributed by atoms with van der Waals surface area (Å²) in [6.07, 6.45) is 3.72. The number of hydrogen-bond acceptors (Lipinski definition) is 4. The molecular weight excluding hydrogens is 262 g/mol. The summed E-state index contributed by atoms with van der Waals surface area (Å²) in [6.45, 7) is 2.80.